The van der Waals surface area contributed by atoms with Crippen LogP contribution in [0.3, 0.4) is 0 Å². The molecule has 5 heterocycles. The second-order valence-corrected chi connectivity index (χ2v) is 10.8. The van der Waals surface area contributed by atoms with Crippen molar-refractivity contribution in [1.29, 1.82) is 0 Å². The molecule has 0 saturated carbocycles. The van der Waals surface area contributed by atoms with Crippen molar-refractivity contribution < 1.29 is 28.1 Å². The molecule has 1 amide bonds. The molecule has 39 heavy (non-hydrogen) atoms. The number of aryl methyl sites for hydroxylation is 1. The summed E-state index contributed by atoms with van der Waals surface area (Å²) in [6.45, 7) is 4.62. The number of morpholine rings is 1. The lowest BCUT2D eigenvalue weighted by Gasteiger charge is -2.46. The van der Waals surface area contributed by atoms with Crippen molar-refractivity contribution in [3.63, 3.8) is 0 Å². The number of nitrogens with zero attached hydrogens (tertiary/aromatic N) is 6. The Morgan fingerprint density at radius 3 is 2.90 bits per heavy atom. The Morgan fingerprint density at radius 1 is 1.18 bits per heavy atom. The number of esters is 1. The fourth-order valence-electron chi connectivity index (χ4n) is 6.38. The number of fused-ring (bicyclic) bond motifs is 3. The van der Waals surface area contributed by atoms with Gasteiger partial charge in [0.05, 0.1) is 30.2 Å². The zero-order valence-corrected chi connectivity index (χ0v) is 21.5. The van der Waals surface area contributed by atoms with Gasteiger partial charge in [-0.05, 0) is 31.0 Å². The lowest BCUT2D eigenvalue weighted by molar-refractivity contribution is -0.664. The van der Waals surface area contributed by atoms with Crippen LogP contribution in [-0.4, -0.2) is 87.1 Å². The number of ether oxygens (including phenoxy) is 2. The molecule has 1 aromatic carbocycles. The molecule has 4 aliphatic rings. The average molecular weight is 535 g/mol. The van der Waals surface area contributed by atoms with E-state index in [4.69, 9.17) is 14.5 Å². The van der Waals surface area contributed by atoms with Gasteiger partial charge in [-0.25, -0.2) is 9.18 Å². The Balaban J connectivity index is 1.02. The highest BCUT2D eigenvalue weighted by molar-refractivity contribution is 5.92. The van der Waals surface area contributed by atoms with E-state index in [1.54, 1.807) is 30.1 Å². The van der Waals surface area contributed by atoms with Crippen LogP contribution in [-0.2, 0) is 27.1 Å². The fourth-order valence-corrected chi connectivity index (χ4v) is 6.38. The topological polar surface area (TPSA) is 117 Å². The number of aromatic nitrogens is 5. The molecule has 1 unspecified atom stereocenters. The number of halogens is 1. The summed E-state index contributed by atoms with van der Waals surface area (Å²) >= 11 is 0. The van der Waals surface area contributed by atoms with E-state index in [0.29, 0.717) is 61.7 Å². The third-order valence-corrected chi connectivity index (χ3v) is 8.41. The number of tetrazole rings is 1. The first-order valence-corrected chi connectivity index (χ1v) is 13.4. The van der Waals surface area contributed by atoms with Crippen molar-refractivity contribution in [3.8, 4) is 5.82 Å². The average Bonchev–Trinajstić information content (AvgIpc) is 3.63. The normalized spacial score (nSPS) is 26.5. The van der Waals surface area contributed by atoms with Gasteiger partial charge in [-0.15, -0.1) is 9.67 Å². The van der Waals surface area contributed by atoms with Gasteiger partial charge in [0.1, 0.15) is 22.8 Å². The number of piperazine rings is 1. The molecule has 7 rings (SSSR count). The van der Waals surface area contributed by atoms with Crippen LogP contribution in [0.4, 0.5) is 4.39 Å². The number of rotatable bonds is 3. The van der Waals surface area contributed by atoms with E-state index in [1.807, 2.05) is 17.0 Å². The first-order chi connectivity index (χ1) is 19.0. The van der Waals surface area contributed by atoms with Gasteiger partial charge in [-0.2, -0.15) is 0 Å². The molecule has 4 atom stereocenters. The predicted molar refractivity (Wildman–Crippen MR) is 132 cm³/mol. The zero-order chi connectivity index (χ0) is 26.7. The summed E-state index contributed by atoms with van der Waals surface area (Å²) in [5.74, 6) is -0.224. The molecule has 1 N–H and O–H groups in total. The maximum Gasteiger partial charge on any atom is 0.338 e. The maximum absolute atomic E-state index is 15.5. The number of H-pyrrole nitrogens is 1. The van der Waals surface area contributed by atoms with Gasteiger partial charge in [0.15, 0.2) is 0 Å². The Labute approximate surface area is 223 Å². The molecule has 0 spiro atoms. The van der Waals surface area contributed by atoms with E-state index in [-0.39, 0.29) is 29.8 Å². The molecule has 0 radical (unpaired) electrons. The van der Waals surface area contributed by atoms with Crippen LogP contribution >= 0.6 is 0 Å². The molecule has 3 aliphatic heterocycles. The van der Waals surface area contributed by atoms with Gasteiger partial charge in [-0.3, -0.25) is 9.69 Å². The molecule has 0 bridgehead atoms. The molecule has 12 heteroatoms. The summed E-state index contributed by atoms with van der Waals surface area (Å²) in [6, 6.07) is 7.21. The number of carbonyl (C=O) groups is 2. The monoisotopic (exact) mass is 534 g/mol. The number of aromatic amines is 1. The molecule has 1 aliphatic carbocycles. The van der Waals surface area contributed by atoms with Crippen molar-refractivity contribution in [2.75, 3.05) is 32.8 Å². The van der Waals surface area contributed by atoms with E-state index in [0.717, 1.165) is 24.1 Å². The van der Waals surface area contributed by atoms with Crippen LogP contribution in [0, 0.1) is 5.82 Å². The van der Waals surface area contributed by atoms with Gasteiger partial charge in [0.2, 0.25) is 5.91 Å². The van der Waals surface area contributed by atoms with Crippen LogP contribution in [0.5, 0.6) is 0 Å². The smallest absolute Gasteiger partial charge is 0.338 e. The summed E-state index contributed by atoms with van der Waals surface area (Å²) in [6.07, 6.45) is 2.62. The SMILES string of the molecule is C[C@H]1Cc2c(ccc([C@@H]3CN4CCN(C(=O)C5CCc6nc(-[n+]7cnn[nH]7)ccc65)C[C@H]4CO3)c2F)C(=O)O1. The number of amides is 1. The summed E-state index contributed by atoms with van der Waals surface area (Å²) in [5.41, 5.74) is 3.11. The fraction of sp³-hybridized carbons (Fsp3) is 0.481. The number of benzene rings is 1. The Kier molecular flexibility index (Phi) is 5.89. The van der Waals surface area contributed by atoms with Crippen LogP contribution < -0.4 is 4.68 Å². The highest BCUT2D eigenvalue weighted by Crippen LogP contribution is 2.36. The van der Waals surface area contributed by atoms with Crippen molar-refractivity contribution in [2.45, 2.75) is 50.4 Å². The second kappa shape index (κ2) is 9.45. The molecule has 11 nitrogen and oxygen atoms in total. The minimum atomic E-state index is -0.477. The zero-order valence-electron chi connectivity index (χ0n) is 21.5. The molecular formula is C27H29FN7O4+. The third-order valence-electron chi connectivity index (χ3n) is 8.41. The van der Waals surface area contributed by atoms with E-state index >= 15 is 4.39 Å². The summed E-state index contributed by atoms with van der Waals surface area (Å²) in [7, 11) is 0. The maximum atomic E-state index is 15.5. The predicted octanol–water partition coefficient (Wildman–Crippen LogP) is 1.03. The molecule has 2 fully saturated rings. The lowest BCUT2D eigenvalue weighted by atomic mass is 9.93. The van der Waals surface area contributed by atoms with E-state index in [2.05, 4.69) is 20.4 Å². The first-order valence-electron chi connectivity index (χ1n) is 13.4. The first kappa shape index (κ1) is 24.3. The van der Waals surface area contributed by atoms with E-state index < -0.39 is 12.1 Å². The third kappa shape index (κ3) is 4.18. The van der Waals surface area contributed by atoms with Crippen molar-refractivity contribution in [1.82, 2.24) is 30.3 Å². The van der Waals surface area contributed by atoms with Crippen molar-refractivity contribution >= 4 is 11.9 Å². The van der Waals surface area contributed by atoms with Gasteiger partial charge in [0.25, 0.3) is 12.1 Å². The van der Waals surface area contributed by atoms with Crippen molar-refractivity contribution in [2.24, 2.45) is 0 Å². The molecular weight excluding hydrogens is 505 g/mol. The Bertz CT molecular complexity index is 1450. The minimum absolute atomic E-state index is 0.0558. The van der Waals surface area contributed by atoms with E-state index in [1.165, 1.54) is 0 Å². The molecule has 2 saturated heterocycles. The van der Waals surface area contributed by atoms with Crippen LogP contribution in [0.25, 0.3) is 5.82 Å². The largest absolute Gasteiger partial charge is 0.459 e. The highest BCUT2D eigenvalue weighted by Gasteiger charge is 2.40. The second-order valence-electron chi connectivity index (χ2n) is 10.8. The molecule has 202 valence electrons. The van der Waals surface area contributed by atoms with Gasteiger partial charge < -0.3 is 14.4 Å². The number of carbonyl (C=O) groups excluding carboxylic acids is 2. The van der Waals surface area contributed by atoms with Gasteiger partial charge >= 0.3 is 5.97 Å². The van der Waals surface area contributed by atoms with Crippen LogP contribution in [0.15, 0.2) is 30.6 Å². The Hall–Kier alpha value is -3.77. The summed E-state index contributed by atoms with van der Waals surface area (Å²) < 4.78 is 28.5. The minimum Gasteiger partial charge on any atom is -0.459 e. The van der Waals surface area contributed by atoms with E-state index in [9.17, 15) is 9.59 Å². The number of hydrogen-bond donors (Lipinski definition) is 1. The quantitative estimate of drug-likeness (QED) is 0.391. The molecule has 2 aromatic heterocycles. The van der Waals surface area contributed by atoms with Crippen LogP contribution in [0.1, 0.15) is 58.1 Å². The van der Waals surface area contributed by atoms with Gasteiger partial charge in [0, 0.05) is 61.3 Å². The lowest BCUT2D eigenvalue weighted by Crippen LogP contribution is -2.60. The van der Waals surface area contributed by atoms with Crippen LogP contribution in [0.2, 0.25) is 0 Å². The summed E-state index contributed by atoms with van der Waals surface area (Å²) in [4.78, 5) is 34.7. The van der Waals surface area contributed by atoms with Crippen molar-refractivity contribution in [3.05, 3.63) is 64.4 Å². The number of cyclic esters (lactones) is 1. The standard InChI is InChI=1S/C27H28FN7O4/c1-15-10-21-19(27(37)39-15)2-3-20(25(21)28)23-12-33-8-9-34(11-16(33)13-38-23)26(36)18-4-6-22-17(18)5-7-24(30-22)35-14-29-31-32-35/h2-3,5,7,14-16,18,23H,4,6,8-13H2,1H3/p+1/t15-,16-,18?,23-/m0/s1. The van der Waals surface area contributed by atoms with Gasteiger partial charge in [-0.1, -0.05) is 11.3 Å². The highest BCUT2D eigenvalue weighted by atomic mass is 19.1. The number of nitrogens with one attached hydrogen (secondary N) is 1. The summed E-state index contributed by atoms with van der Waals surface area (Å²) in [5, 5.41) is 10.3. The number of hydrogen-bond acceptors (Lipinski definition) is 8. The Morgan fingerprint density at radius 2 is 2.05 bits per heavy atom. The number of pyridine rings is 1. The molecule has 3 aromatic rings.